The molecule has 0 aliphatic heterocycles. The highest BCUT2D eigenvalue weighted by Crippen LogP contribution is 2.02. The molecule has 1 aromatic rings. The Morgan fingerprint density at radius 1 is 0.939 bits per heavy atom. The van der Waals surface area contributed by atoms with E-state index in [4.69, 9.17) is 22.3 Å². The van der Waals surface area contributed by atoms with E-state index in [-0.39, 0.29) is 12.2 Å². The summed E-state index contributed by atoms with van der Waals surface area (Å²) in [5, 5.41) is 15.6. The number of imidazole rings is 1. The Labute approximate surface area is 193 Å². The minimum atomic E-state index is -1.59. The molecule has 0 aliphatic carbocycles. The largest absolute Gasteiger partial charge is 0.480 e. The minimum absolute atomic E-state index is 0.0454. The number of nitrogens with one attached hydrogen (secondary N) is 4. The smallest absolute Gasteiger partial charge is 0.327 e. The third-order valence-electron chi connectivity index (χ3n) is 4.21. The monoisotopic (exact) mass is 486 g/mol. The van der Waals surface area contributed by atoms with Gasteiger partial charge in [0.1, 0.15) is 18.1 Å². The summed E-state index contributed by atoms with van der Waals surface area (Å²) < 4.78 is 0. The van der Waals surface area contributed by atoms with Crippen molar-refractivity contribution in [2.75, 3.05) is 5.75 Å². The minimum Gasteiger partial charge on any atom is -0.480 e. The zero-order valence-electron chi connectivity index (χ0n) is 17.3. The van der Waals surface area contributed by atoms with Crippen LogP contribution in [0.5, 0.6) is 0 Å². The lowest BCUT2D eigenvalue weighted by atomic mass is 10.1. The summed E-state index contributed by atoms with van der Waals surface area (Å²) >= 11 is 3.80. The van der Waals surface area contributed by atoms with E-state index in [0.29, 0.717) is 5.69 Å². The maximum absolute atomic E-state index is 12.7. The maximum atomic E-state index is 12.7. The molecule has 0 bridgehead atoms. The number of primary amides is 2. The molecule has 4 unspecified atom stereocenters. The maximum Gasteiger partial charge on any atom is 0.327 e. The Balaban J connectivity index is 2.93. The number of hydrogen-bond acceptors (Lipinski definition) is 9. The van der Waals surface area contributed by atoms with Gasteiger partial charge in [0.2, 0.25) is 29.5 Å². The van der Waals surface area contributed by atoms with Crippen LogP contribution < -0.4 is 33.2 Å². The van der Waals surface area contributed by atoms with Crippen molar-refractivity contribution >= 4 is 48.1 Å². The molecule has 33 heavy (non-hydrogen) atoms. The summed E-state index contributed by atoms with van der Waals surface area (Å²) in [6, 6.07) is -5.66. The molecule has 5 amide bonds. The van der Waals surface area contributed by atoms with Gasteiger partial charge in [-0.15, -0.1) is 0 Å². The molecule has 0 spiro atoms. The third kappa shape index (κ3) is 9.56. The van der Waals surface area contributed by atoms with Gasteiger partial charge in [-0.3, -0.25) is 24.0 Å². The molecule has 1 rings (SSSR count). The van der Waals surface area contributed by atoms with E-state index in [1.165, 1.54) is 12.5 Å². The Morgan fingerprint density at radius 2 is 1.42 bits per heavy atom. The second-order valence-electron chi connectivity index (χ2n) is 6.93. The number of aromatic amines is 1. The van der Waals surface area contributed by atoms with E-state index in [0.717, 1.165) is 0 Å². The Kier molecular flexibility index (Phi) is 10.8. The number of thiol groups is 1. The van der Waals surface area contributed by atoms with Gasteiger partial charge in [-0.05, 0) is 0 Å². The molecular formula is C17H26N8O7S. The molecule has 0 saturated heterocycles. The van der Waals surface area contributed by atoms with Gasteiger partial charge in [-0.2, -0.15) is 12.6 Å². The van der Waals surface area contributed by atoms with Gasteiger partial charge >= 0.3 is 5.97 Å². The van der Waals surface area contributed by atoms with E-state index in [1.807, 2.05) is 0 Å². The van der Waals surface area contributed by atoms with E-state index in [1.54, 1.807) is 0 Å². The summed E-state index contributed by atoms with van der Waals surface area (Å²) in [4.78, 5) is 77.9. The van der Waals surface area contributed by atoms with Crippen LogP contribution >= 0.6 is 12.6 Å². The molecule has 0 aliphatic rings. The van der Waals surface area contributed by atoms with Gasteiger partial charge < -0.3 is 43.2 Å². The molecule has 4 atom stereocenters. The number of amides is 5. The summed E-state index contributed by atoms with van der Waals surface area (Å²) in [6.45, 7) is 0. The Morgan fingerprint density at radius 3 is 1.82 bits per heavy atom. The van der Waals surface area contributed by atoms with Crippen molar-refractivity contribution in [1.82, 2.24) is 25.9 Å². The zero-order chi connectivity index (χ0) is 25.1. The van der Waals surface area contributed by atoms with Crippen LogP contribution in [-0.2, 0) is 35.2 Å². The van der Waals surface area contributed by atoms with Gasteiger partial charge in [0.05, 0.1) is 25.2 Å². The average Bonchev–Trinajstić information content (AvgIpc) is 3.22. The highest BCUT2D eigenvalue weighted by molar-refractivity contribution is 7.80. The Bertz CT molecular complexity index is 879. The van der Waals surface area contributed by atoms with E-state index in [2.05, 4.69) is 38.5 Å². The second-order valence-corrected chi connectivity index (χ2v) is 7.30. The quantitative estimate of drug-likeness (QED) is 0.114. The molecule has 0 aromatic carbocycles. The predicted octanol–water partition coefficient (Wildman–Crippen LogP) is -4.50. The van der Waals surface area contributed by atoms with Crippen LogP contribution in [0.2, 0.25) is 0 Å². The first-order valence-corrected chi connectivity index (χ1v) is 10.1. The van der Waals surface area contributed by atoms with Crippen LogP contribution in [0.25, 0.3) is 0 Å². The topological polar surface area (TPSA) is 265 Å². The molecule has 16 heteroatoms. The number of nitrogens with two attached hydrogens (primary N) is 3. The first kappa shape index (κ1) is 27.4. The standard InChI is InChI=1S/C17H26N8O7S/c18-8(1-7-4-21-6-22-7)14(28)23-9(2-12(19)26)15(29)24-10(3-13(20)27)16(30)25-11(5-33)17(31)32/h4,6,8-11,33H,1-3,5,18H2,(H2,19,26)(H2,20,27)(H,21,22)(H,23,28)(H,24,29)(H,25,30)(H,31,32). The molecule has 0 saturated carbocycles. The van der Waals surface area contributed by atoms with Crippen LogP contribution in [0.15, 0.2) is 12.5 Å². The number of carbonyl (C=O) groups is 6. The molecule has 15 nitrogen and oxygen atoms in total. The van der Waals surface area contributed by atoms with E-state index >= 15 is 0 Å². The van der Waals surface area contributed by atoms with Crippen molar-refractivity contribution in [3.05, 3.63) is 18.2 Å². The summed E-state index contributed by atoms with van der Waals surface area (Å²) in [5.41, 5.74) is 16.6. The van der Waals surface area contributed by atoms with Gasteiger partial charge in [0.25, 0.3) is 0 Å². The van der Waals surface area contributed by atoms with Crippen LogP contribution in [0.1, 0.15) is 18.5 Å². The molecule has 0 radical (unpaired) electrons. The first-order chi connectivity index (χ1) is 15.4. The first-order valence-electron chi connectivity index (χ1n) is 9.48. The highest BCUT2D eigenvalue weighted by atomic mass is 32.1. The van der Waals surface area contributed by atoms with Gasteiger partial charge in [-0.25, -0.2) is 9.78 Å². The van der Waals surface area contributed by atoms with Gasteiger partial charge in [0, 0.05) is 24.1 Å². The number of aliphatic carboxylic acids is 1. The zero-order valence-corrected chi connectivity index (χ0v) is 18.2. The number of carboxylic acids is 1. The number of carboxylic acid groups (broad SMARTS) is 1. The lowest BCUT2D eigenvalue weighted by Gasteiger charge is -2.24. The lowest BCUT2D eigenvalue weighted by Crippen LogP contribution is -2.58. The van der Waals surface area contributed by atoms with Crippen LogP contribution in [0, 0.1) is 0 Å². The molecule has 182 valence electrons. The van der Waals surface area contributed by atoms with Crippen molar-refractivity contribution in [1.29, 1.82) is 0 Å². The molecule has 0 fully saturated rings. The average molecular weight is 487 g/mol. The summed E-state index contributed by atoms with van der Waals surface area (Å²) in [7, 11) is 0. The van der Waals surface area contributed by atoms with Crippen molar-refractivity contribution in [3.63, 3.8) is 0 Å². The predicted molar refractivity (Wildman–Crippen MR) is 115 cm³/mol. The SMILES string of the molecule is NC(=O)CC(NC(=O)C(N)Cc1cnc[nH]1)C(=O)NC(CC(N)=O)C(=O)NC(CS)C(=O)O. The highest BCUT2D eigenvalue weighted by Gasteiger charge is 2.31. The van der Waals surface area contributed by atoms with Crippen molar-refractivity contribution in [2.24, 2.45) is 17.2 Å². The van der Waals surface area contributed by atoms with Crippen molar-refractivity contribution in [2.45, 2.75) is 43.4 Å². The van der Waals surface area contributed by atoms with Gasteiger partial charge in [0.15, 0.2) is 0 Å². The normalized spacial score (nSPS) is 14.2. The fourth-order valence-corrected chi connectivity index (χ4v) is 2.80. The lowest BCUT2D eigenvalue weighted by molar-refractivity contribution is -0.142. The summed E-state index contributed by atoms with van der Waals surface area (Å²) in [5.74, 6) is -6.48. The molecule has 11 N–H and O–H groups in total. The number of rotatable bonds is 14. The van der Waals surface area contributed by atoms with E-state index < -0.39 is 72.5 Å². The fraction of sp³-hybridized carbons (Fsp3) is 0.471. The number of aromatic nitrogens is 2. The van der Waals surface area contributed by atoms with E-state index in [9.17, 15) is 28.8 Å². The van der Waals surface area contributed by atoms with Crippen molar-refractivity contribution in [3.8, 4) is 0 Å². The number of carbonyl (C=O) groups excluding carboxylic acids is 5. The van der Waals surface area contributed by atoms with Crippen molar-refractivity contribution < 1.29 is 33.9 Å². The molecule has 1 aromatic heterocycles. The fourth-order valence-electron chi connectivity index (χ4n) is 2.56. The molecule has 1 heterocycles. The second kappa shape index (κ2) is 13.0. The van der Waals surface area contributed by atoms with Crippen LogP contribution in [0.3, 0.4) is 0 Å². The third-order valence-corrected chi connectivity index (χ3v) is 4.57. The van der Waals surface area contributed by atoms with Crippen LogP contribution in [-0.4, -0.2) is 80.5 Å². The Hall–Kier alpha value is -3.66. The number of nitrogens with zero attached hydrogens (tertiary/aromatic N) is 1. The summed E-state index contributed by atoms with van der Waals surface area (Å²) in [6.07, 6.45) is 1.54. The van der Waals surface area contributed by atoms with Crippen LogP contribution in [0.4, 0.5) is 0 Å². The molecular weight excluding hydrogens is 460 g/mol. The van der Waals surface area contributed by atoms with Gasteiger partial charge in [-0.1, -0.05) is 0 Å². The number of hydrogen-bond donors (Lipinski definition) is 9. The number of H-pyrrole nitrogens is 1.